The van der Waals surface area contributed by atoms with Crippen molar-refractivity contribution in [2.24, 2.45) is 0 Å². The average molecular weight is 625 g/mol. The average Bonchev–Trinajstić information content (AvgIpc) is 2.91. The van der Waals surface area contributed by atoms with Crippen molar-refractivity contribution in [3.05, 3.63) is 92.9 Å². The number of carbonyl (C=O) groups excluding carboxylic acids is 2. The van der Waals surface area contributed by atoms with Crippen LogP contribution in [-0.4, -0.2) is 43.8 Å². The molecular weight excluding hydrogens is 593 g/mol. The van der Waals surface area contributed by atoms with Crippen LogP contribution >= 0.6 is 34.8 Å². The number of amides is 2. The molecular formula is C29H32Cl3N3O4S. The highest BCUT2D eigenvalue weighted by atomic mass is 35.5. The van der Waals surface area contributed by atoms with E-state index in [1.54, 1.807) is 55.5 Å². The van der Waals surface area contributed by atoms with E-state index in [0.717, 1.165) is 9.87 Å². The Labute approximate surface area is 251 Å². The summed E-state index contributed by atoms with van der Waals surface area (Å²) in [6.45, 7) is 6.68. The monoisotopic (exact) mass is 623 g/mol. The van der Waals surface area contributed by atoms with Crippen molar-refractivity contribution < 1.29 is 18.0 Å². The molecule has 11 heteroatoms. The third-order valence-corrected chi connectivity index (χ3v) is 9.25. The van der Waals surface area contributed by atoms with Gasteiger partial charge in [0, 0.05) is 17.6 Å². The van der Waals surface area contributed by atoms with Crippen LogP contribution in [0.2, 0.25) is 15.1 Å². The Morgan fingerprint density at radius 1 is 0.925 bits per heavy atom. The van der Waals surface area contributed by atoms with Gasteiger partial charge in [-0.15, -0.1) is 0 Å². The minimum atomic E-state index is -4.18. The number of rotatable bonds is 11. The van der Waals surface area contributed by atoms with Crippen LogP contribution in [0.25, 0.3) is 0 Å². The SMILES string of the molecule is CC[C@H](C)NC(=O)[C@@H](C)N(Cc1ccc(Cl)c(Cl)c1)C(=O)CN(c1cccc(Cl)c1)S(=O)(=O)c1ccc(C)cc1. The van der Waals surface area contributed by atoms with Gasteiger partial charge in [0.2, 0.25) is 11.8 Å². The van der Waals surface area contributed by atoms with Crippen LogP contribution in [0.1, 0.15) is 38.3 Å². The zero-order chi connectivity index (χ0) is 29.6. The zero-order valence-corrected chi connectivity index (χ0v) is 25.8. The first-order chi connectivity index (χ1) is 18.8. The Morgan fingerprint density at radius 2 is 1.60 bits per heavy atom. The van der Waals surface area contributed by atoms with Crippen molar-refractivity contribution >= 4 is 62.3 Å². The Bertz CT molecular complexity index is 1470. The van der Waals surface area contributed by atoms with Gasteiger partial charge in [0.05, 0.1) is 20.6 Å². The fourth-order valence-corrected chi connectivity index (χ4v) is 5.79. The fourth-order valence-electron chi connectivity index (χ4n) is 3.88. The van der Waals surface area contributed by atoms with Gasteiger partial charge < -0.3 is 10.2 Å². The summed E-state index contributed by atoms with van der Waals surface area (Å²) in [6, 6.07) is 16.5. The van der Waals surface area contributed by atoms with E-state index < -0.39 is 28.5 Å². The number of nitrogens with one attached hydrogen (secondary N) is 1. The third-order valence-electron chi connectivity index (χ3n) is 6.49. The lowest BCUT2D eigenvalue weighted by Crippen LogP contribution is -2.52. The van der Waals surface area contributed by atoms with E-state index in [4.69, 9.17) is 34.8 Å². The number of nitrogens with zero attached hydrogens (tertiary/aromatic N) is 2. The molecule has 3 aromatic rings. The third kappa shape index (κ3) is 7.91. The van der Waals surface area contributed by atoms with Gasteiger partial charge >= 0.3 is 0 Å². The molecule has 214 valence electrons. The van der Waals surface area contributed by atoms with Crippen molar-refractivity contribution in [1.29, 1.82) is 0 Å². The van der Waals surface area contributed by atoms with Gasteiger partial charge in [0.1, 0.15) is 12.6 Å². The number of hydrogen-bond donors (Lipinski definition) is 1. The van der Waals surface area contributed by atoms with Gasteiger partial charge in [-0.3, -0.25) is 13.9 Å². The molecule has 0 aromatic heterocycles. The minimum Gasteiger partial charge on any atom is -0.352 e. The first kappa shape index (κ1) is 31.7. The normalized spacial score (nSPS) is 12.9. The predicted octanol–water partition coefficient (Wildman–Crippen LogP) is 6.48. The Balaban J connectivity index is 2.04. The van der Waals surface area contributed by atoms with E-state index in [9.17, 15) is 18.0 Å². The summed E-state index contributed by atoms with van der Waals surface area (Å²) < 4.78 is 28.7. The number of aryl methyl sites for hydroxylation is 1. The van der Waals surface area contributed by atoms with E-state index >= 15 is 0 Å². The van der Waals surface area contributed by atoms with Crippen molar-refractivity contribution in [2.75, 3.05) is 10.8 Å². The molecule has 0 spiro atoms. The molecule has 0 saturated heterocycles. The first-order valence-corrected chi connectivity index (χ1v) is 15.3. The second-order valence-electron chi connectivity index (χ2n) is 9.57. The maximum absolute atomic E-state index is 13.9. The van der Waals surface area contributed by atoms with Crippen LogP contribution in [-0.2, 0) is 26.2 Å². The van der Waals surface area contributed by atoms with Crippen molar-refractivity contribution in [3.63, 3.8) is 0 Å². The van der Waals surface area contributed by atoms with Crippen molar-refractivity contribution in [2.45, 2.75) is 57.6 Å². The van der Waals surface area contributed by atoms with Crippen molar-refractivity contribution in [3.8, 4) is 0 Å². The summed E-state index contributed by atoms with van der Waals surface area (Å²) in [4.78, 5) is 28.4. The van der Waals surface area contributed by atoms with Gasteiger partial charge in [-0.05, 0) is 75.2 Å². The molecule has 0 saturated carbocycles. The van der Waals surface area contributed by atoms with Crippen LogP contribution in [0.3, 0.4) is 0 Å². The Hall–Kier alpha value is -2.78. The van der Waals surface area contributed by atoms with Gasteiger partial charge in [0.15, 0.2) is 0 Å². The molecule has 0 aliphatic rings. The molecule has 2 atom stereocenters. The van der Waals surface area contributed by atoms with Crippen LogP contribution in [0.5, 0.6) is 0 Å². The van der Waals surface area contributed by atoms with E-state index in [2.05, 4.69) is 5.32 Å². The van der Waals surface area contributed by atoms with Gasteiger partial charge in [0.25, 0.3) is 10.0 Å². The molecule has 0 unspecified atom stereocenters. The molecule has 7 nitrogen and oxygen atoms in total. The standard InChI is InChI=1S/C29H32Cl3N3O4S/c1-5-20(3)33-29(37)21(4)34(17-22-11-14-26(31)27(32)15-22)28(36)18-35(24-8-6-7-23(30)16-24)40(38,39)25-12-9-19(2)10-13-25/h6-16,20-21H,5,17-18H2,1-4H3,(H,33,37)/t20-,21+/m0/s1. The Morgan fingerprint density at radius 3 is 2.20 bits per heavy atom. The maximum Gasteiger partial charge on any atom is 0.264 e. The van der Waals surface area contributed by atoms with E-state index in [-0.39, 0.29) is 29.1 Å². The quantitative estimate of drug-likeness (QED) is 0.265. The maximum atomic E-state index is 13.9. The van der Waals surface area contributed by atoms with E-state index in [1.165, 1.54) is 23.1 Å². The largest absolute Gasteiger partial charge is 0.352 e. The van der Waals surface area contributed by atoms with Crippen molar-refractivity contribution in [1.82, 2.24) is 10.2 Å². The van der Waals surface area contributed by atoms with Gasteiger partial charge in [-0.1, -0.05) is 71.6 Å². The lowest BCUT2D eigenvalue weighted by molar-refractivity contribution is -0.139. The summed E-state index contributed by atoms with van der Waals surface area (Å²) in [7, 11) is -4.18. The number of anilines is 1. The molecule has 3 aromatic carbocycles. The summed E-state index contributed by atoms with van der Waals surface area (Å²) in [5.74, 6) is -0.952. The molecule has 2 amide bonds. The Kier molecular flexibility index (Phi) is 10.9. The van der Waals surface area contributed by atoms with Crippen LogP contribution in [0, 0.1) is 6.92 Å². The number of hydrogen-bond acceptors (Lipinski definition) is 4. The van der Waals surface area contributed by atoms with Crippen LogP contribution < -0.4 is 9.62 Å². The summed E-state index contributed by atoms with van der Waals surface area (Å²) in [5.41, 5.74) is 1.73. The second kappa shape index (κ2) is 13.7. The molecule has 1 N–H and O–H groups in total. The minimum absolute atomic E-state index is 0.00121. The lowest BCUT2D eigenvalue weighted by atomic mass is 10.1. The predicted molar refractivity (Wildman–Crippen MR) is 162 cm³/mol. The van der Waals surface area contributed by atoms with Crippen LogP contribution in [0.15, 0.2) is 71.6 Å². The number of sulfonamides is 1. The van der Waals surface area contributed by atoms with Crippen LogP contribution in [0.4, 0.5) is 5.69 Å². The van der Waals surface area contributed by atoms with E-state index in [0.29, 0.717) is 27.1 Å². The summed E-state index contributed by atoms with van der Waals surface area (Å²) in [5, 5.41) is 3.85. The molecule has 0 radical (unpaired) electrons. The van der Waals surface area contributed by atoms with Gasteiger partial charge in [-0.2, -0.15) is 0 Å². The number of halogens is 3. The zero-order valence-electron chi connectivity index (χ0n) is 22.7. The molecule has 0 fully saturated rings. The first-order valence-electron chi connectivity index (χ1n) is 12.7. The molecule has 40 heavy (non-hydrogen) atoms. The van der Waals surface area contributed by atoms with E-state index in [1.807, 2.05) is 20.8 Å². The highest BCUT2D eigenvalue weighted by Gasteiger charge is 2.33. The highest BCUT2D eigenvalue weighted by Crippen LogP contribution is 2.28. The summed E-state index contributed by atoms with van der Waals surface area (Å²) >= 11 is 18.5. The number of carbonyl (C=O) groups is 2. The topological polar surface area (TPSA) is 86.8 Å². The smallest absolute Gasteiger partial charge is 0.264 e. The molecule has 0 bridgehead atoms. The lowest BCUT2D eigenvalue weighted by Gasteiger charge is -2.32. The fraction of sp³-hybridized carbons (Fsp3) is 0.310. The summed E-state index contributed by atoms with van der Waals surface area (Å²) in [6.07, 6.45) is 0.705. The number of benzene rings is 3. The molecule has 0 aliphatic carbocycles. The second-order valence-corrected chi connectivity index (χ2v) is 12.7. The molecule has 0 aliphatic heterocycles. The molecule has 3 rings (SSSR count). The van der Waals surface area contributed by atoms with Gasteiger partial charge in [-0.25, -0.2) is 8.42 Å². The highest BCUT2D eigenvalue weighted by molar-refractivity contribution is 7.92. The molecule has 0 heterocycles.